The molecule has 1 aliphatic heterocycles. The number of nitrogens with zero attached hydrogens (tertiary/aromatic N) is 2. The molecule has 2 heteroatoms. The molecule has 13 heavy (non-hydrogen) atoms. The monoisotopic (exact) mass is 187 g/mol. The molecule has 0 aromatic heterocycles. The first-order valence-electron chi connectivity index (χ1n) is 6.58. The Morgan fingerprint density at radius 1 is 1.15 bits per heavy atom. The molecule has 2 unspecified atom stereocenters. The number of rotatable bonds is 0. The molecule has 0 N–H and O–H groups in total. The van der Waals surface area contributed by atoms with Gasteiger partial charge in [0.15, 0.2) is 0 Å². The number of hydrogen-bond acceptors (Lipinski definition) is 2. The SMILES string of the molecule is [2H]C([2H])([2H])N1CCN(C(C)(C)C)C(C)C1C. The van der Waals surface area contributed by atoms with Crippen LogP contribution in [0.3, 0.4) is 0 Å². The molecular weight excluding hydrogens is 160 g/mol. The maximum absolute atomic E-state index is 7.51. The summed E-state index contributed by atoms with van der Waals surface area (Å²) in [6, 6.07) is 0.342. The topological polar surface area (TPSA) is 6.48 Å². The predicted molar refractivity (Wildman–Crippen MR) is 58.0 cm³/mol. The molecule has 1 rings (SSSR count). The molecular formula is C11H24N2. The van der Waals surface area contributed by atoms with Gasteiger partial charge in [0.05, 0.1) is 0 Å². The smallest absolute Gasteiger partial charge is 0.0394 e. The van der Waals surface area contributed by atoms with Gasteiger partial charge in [0.25, 0.3) is 0 Å². The van der Waals surface area contributed by atoms with Crippen LogP contribution in [0.5, 0.6) is 0 Å². The average molecular weight is 187 g/mol. The van der Waals surface area contributed by atoms with Crippen molar-refractivity contribution in [1.82, 2.24) is 9.80 Å². The molecule has 1 aliphatic rings. The largest absolute Gasteiger partial charge is 0.301 e. The zero-order valence-corrected chi connectivity index (χ0v) is 9.46. The lowest BCUT2D eigenvalue weighted by Gasteiger charge is -2.49. The fourth-order valence-electron chi connectivity index (χ4n) is 2.09. The second-order valence-electron chi connectivity index (χ2n) is 5.04. The normalized spacial score (nSPS) is 38.1. The molecule has 0 aromatic rings. The van der Waals surface area contributed by atoms with Crippen molar-refractivity contribution in [3.8, 4) is 0 Å². The Labute approximate surface area is 87.1 Å². The highest BCUT2D eigenvalue weighted by Gasteiger charge is 2.34. The molecule has 0 amide bonds. The maximum Gasteiger partial charge on any atom is 0.0394 e. The van der Waals surface area contributed by atoms with Crippen LogP contribution in [0.25, 0.3) is 0 Å². The highest BCUT2D eigenvalue weighted by Crippen LogP contribution is 2.23. The van der Waals surface area contributed by atoms with Crippen molar-refractivity contribution in [2.24, 2.45) is 0 Å². The van der Waals surface area contributed by atoms with Gasteiger partial charge < -0.3 is 4.90 Å². The lowest BCUT2D eigenvalue weighted by Crippen LogP contribution is -2.61. The van der Waals surface area contributed by atoms with Crippen molar-refractivity contribution in [1.29, 1.82) is 0 Å². The summed E-state index contributed by atoms with van der Waals surface area (Å²) in [7, 11) is 0. The molecule has 2 atom stereocenters. The first-order valence-corrected chi connectivity index (χ1v) is 5.08. The first kappa shape index (κ1) is 7.24. The van der Waals surface area contributed by atoms with Gasteiger partial charge in [-0.15, -0.1) is 0 Å². The van der Waals surface area contributed by atoms with Crippen molar-refractivity contribution >= 4 is 0 Å². The fraction of sp³-hybridized carbons (Fsp3) is 1.00. The Kier molecular flexibility index (Phi) is 2.00. The van der Waals surface area contributed by atoms with Crippen LogP contribution in [0, 0.1) is 0 Å². The third-order valence-corrected chi connectivity index (χ3v) is 3.12. The minimum Gasteiger partial charge on any atom is -0.301 e. The Bertz CT molecular complexity index is 219. The molecule has 2 nitrogen and oxygen atoms in total. The van der Waals surface area contributed by atoms with E-state index in [0.717, 1.165) is 6.54 Å². The first-order chi connectivity index (χ1) is 7.05. The van der Waals surface area contributed by atoms with Gasteiger partial charge in [-0.3, -0.25) is 4.90 Å². The third-order valence-electron chi connectivity index (χ3n) is 3.12. The van der Waals surface area contributed by atoms with Crippen molar-refractivity contribution in [3.05, 3.63) is 0 Å². The molecule has 0 spiro atoms. The van der Waals surface area contributed by atoms with Crippen LogP contribution in [0.1, 0.15) is 38.7 Å². The van der Waals surface area contributed by atoms with E-state index in [0.29, 0.717) is 6.54 Å². The summed E-state index contributed by atoms with van der Waals surface area (Å²) in [6.07, 6.45) is 0. The summed E-state index contributed by atoms with van der Waals surface area (Å²) in [4.78, 5) is 4.03. The van der Waals surface area contributed by atoms with Crippen molar-refractivity contribution in [2.45, 2.75) is 52.2 Å². The second-order valence-corrected chi connectivity index (χ2v) is 5.04. The second kappa shape index (κ2) is 3.58. The third kappa shape index (κ3) is 2.23. The average Bonchev–Trinajstić information content (AvgIpc) is 2.05. The molecule has 0 radical (unpaired) electrons. The van der Waals surface area contributed by atoms with Gasteiger partial charge in [-0.2, -0.15) is 0 Å². The molecule has 1 saturated heterocycles. The molecule has 0 aromatic carbocycles. The standard InChI is InChI=1S/C11H24N2/c1-9-10(2)13(11(3,4)5)8-7-12(9)6/h9-10H,7-8H2,1-6H3/i6D3. The highest BCUT2D eigenvalue weighted by atomic mass is 15.3. The number of piperazine rings is 1. The van der Waals surface area contributed by atoms with E-state index in [-0.39, 0.29) is 17.6 Å². The minimum absolute atomic E-state index is 0.0699. The van der Waals surface area contributed by atoms with Crippen LogP contribution in [-0.2, 0) is 0 Å². The molecule has 0 saturated carbocycles. The summed E-state index contributed by atoms with van der Waals surface area (Å²) >= 11 is 0. The zero-order chi connectivity index (χ0) is 12.7. The lowest BCUT2D eigenvalue weighted by molar-refractivity contribution is -0.00568. The van der Waals surface area contributed by atoms with Gasteiger partial charge in [0.2, 0.25) is 0 Å². The van der Waals surface area contributed by atoms with Crippen LogP contribution >= 0.6 is 0 Å². The Morgan fingerprint density at radius 3 is 2.23 bits per heavy atom. The van der Waals surface area contributed by atoms with Crippen molar-refractivity contribution in [3.63, 3.8) is 0 Å². The summed E-state index contributed by atoms with van der Waals surface area (Å²) in [5.41, 5.74) is 0.106. The predicted octanol–water partition coefficient (Wildman–Crippen LogP) is 1.81. The molecule has 1 heterocycles. The Balaban J connectivity index is 2.81. The van der Waals surface area contributed by atoms with E-state index in [1.165, 1.54) is 0 Å². The molecule has 78 valence electrons. The van der Waals surface area contributed by atoms with Gasteiger partial charge in [0, 0.05) is 34.8 Å². The van der Waals surface area contributed by atoms with E-state index in [9.17, 15) is 0 Å². The van der Waals surface area contributed by atoms with Gasteiger partial charge in [-0.1, -0.05) is 0 Å². The van der Waals surface area contributed by atoms with Crippen LogP contribution in [-0.4, -0.2) is 47.5 Å². The van der Waals surface area contributed by atoms with E-state index in [1.807, 2.05) is 6.92 Å². The number of hydrogen-bond donors (Lipinski definition) is 0. The van der Waals surface area contributed by atoms with Crippen LogP contribution in [0.4, 0.5) is 0 Å². The van der Waals surface area contributed by atoms with Crippen LogP contribution in [0.2, 0.25) is 0 Å². The van der Waals surface area contributed by atoms with Crippen LogP contribution < -0.4 is 0 Å². The molecule has 0 bridgehead atoms. The fourth-order valence-corrected chi connectivity index (χ4v) is 2.09. The van der Waals surface area contributed by atoms with Crippen molar-refractivity contribution < 1.29 is 4.11 Å². The number of likely N-dealkylation sites (N-methyl/N-ethyl adjacent to an activating group) is 1. The van der Waals surface area contributed by atoms with Gasteiger partial charge in [0.1, 0.15) is 0 Å². The molecule has 0 aliphatic carbocycles. The summed E-state index contributed by atoms with van der Waals surface area (Å²) in [5, 5.41) is 0. The highest BCUT2D eigenvalue weighted by molar-refractivity contribution is 4.90. The van der Waals surface area contributed by atoms with Gasteiger partial charge >= 0.3 is 0 Å². The zero-order valence-electron chi connectivity index (χ0n) is 12.5. The molecule has 1 fully saturated rings. The quantitative estimate of drug-likeness (QED) is 0.571. The Morgan fingerprint density at radius 2 is 1.77 bits per heavy atom. The van der Waals surface area contributed by atoms with Crippen LogP contribution in [0.15, 0.2) is 0 Å². The maximum atomic E-state index is 7.51. The van der Waals surface area contributed by atoms with Gasteiger partial charge in [-0.25, -0.2) is 0 Å². The Hall–Kier alpha value is -0.0800. The lowest BCUT2D eigenvalue weighted by atomic mass is 9.97. The summed E-state index contributed by atoms with van der Waals surface area (Å²) in [5.74, 6) is 0. The van der Waals surface area contributed by atoms with E-state index in [4.69, 9.17) is 4.11 Å². The summed E-state index contributed by atoms with van der Waals surface area (Å²) in [6.45, 7) is 10.2. The van der Waals surface area contributed by atoms with E-state index in [2.05, 4.69) is 32.6 Å². The van der Waals surface area contributed by atoms with E-state index < -0.39 is 6.98 Å². The minimum atomic E-state index is -1.96. The van der Waals surface area contributed by atoms with Gasteiger partial charge in [-0.05, 0) is 41.6 Å². The van der Waals surface area contributed by atoms with E-state index in [1.54, 1.807) is 4.90 Å². The van der Waals surface area contributed by atoms with Crippen molar-refractivity contribution in [2.75, 3.05) is 20.1 Å². The summed E-state index contributed by atoms with van der Waals surface area (Å²) < 4.78 is 22.5. The van der Waals surface area contributed by atoms with E-state index >= 15 is 0 Å².